The van der Waals surface area contributed by atoms with Gasteiger partial charge in [0.05, 0.1) is 0 Å². The van der Waals surface area contributed by atoms with Gasteiger partial charge in [-0.25, -0.2) is 0 Å². The maximum Gasteiger partial charge on any atom is 0.0440 e. The Morgan fingerprint density at radius 1 is 1.23 bits per heavy atom. The monoisotopic (exact) mass is 217 g/mol. The van der Waals surface area contributed by atoms with Crippen LogP contribution in [0.15, 0.2) is 12.1 Å². The zero-order chi connectivity index (χ0) is 8.55. The van der Waals surface area contributed by atoms with Gasteiger partial charge >= 0.3 is 0 Å². The molecule has 2 N–H and O–H groups in total. The summed E-state index contributed by atoms with van der Waals surface area (Å²) in [6.45, 7) is 0.638. The highest BCUT2D eigenvalue weighted by Crippen LogP contribution is 2.31. The summed E-state index contributed by atoms with van der Waals surface area (Å²) < 4.78 is 0. The number of benzene rings is 1. The lowest BCUT2D eigenvalue weighted by molar-refractivity contribution is 0.903. The van der Waals surface area contributed by atoms with Gasteiger partial charge in [-0.05, 0) is 42.0 Å². The summed E-state index contributed by atoms with van der Waals surface area (Å²) in [5.74, 6) is 0. The number of fused-ring (bicyclic) bond motifs is 1. The van der Waals surface area contributed by atoms with E-state index in [0.29, 0.717) is 6.54 Å². The molecule has 0 atom stereocenters. The predicted octanol–water partition coefficient (Wildman–Crippen LogP) is 2.71. The molecular formula is C10H13Cl2N. The van der Waals surface area contributed by atoms with Gasteiger partial charge in [-0.15, -0.1) is 12.4 Å². The molecule has 0 saturated carbocycles. The molecule has 0 bridgehead atoms. The first-order valence-electron chi connectivity index (χ1n) is 4.32. The van der Waals surface area contributed by atoms with Crippen LogP contribution >= 0.6 is 24.0 Å². The molecule has 0 fully saturated rings. The maximum atomic E-state index is 6.06. The van der Waals surface area contributed by atoms with E-state index in [1.54, 1.807) is 0 Å². The van der Waals surface area contributed by atoms with E-state index in [-0.39, 0.29) is 12.4 Å². The van der Waals surface area contributed by atoms with Crippen LogP contribution < -0.4 is 5.73 Å². The molecule has 72 valence electrons. The second kappa shape index (κ2) is 4.32. The second-order valence-corrected chi connectivity index (χ2v) is 3.63. The average molecular weight is 218 g/mol. The minimum absolute atomic E-state index is 0. The van der Waals surface area contributed by atoms with E-state index in [0.717, 1.165) is 17.9 Å². The third-order valence-electron chi connectivity index (χ3n) is 2.54. The summed E-state index contributed by atoms with van der Waals surface area (Å²) in [6.07, 6.45) is 3.51. The molecule has 0 radical (unpaired) electrons. The molecule has 0 unspecified atom stereocenters. The Labute approximate surface area is 89.7 Å². The molecule has 1 aliphatic rings. The molecule has 1 aromatic rings. The van der Waals surface area contributed by atoms with Crippen molar-refractivity contribution in [2.24, 2.45) is 5.73 Å². The minimum Gasteiger partial charge on any atom is -0.326 e. The quantitative estimate of drug-likeness (QED) is 0.770. The summed E-state index contributed by atoms with van der Waals surface area (Å²) in [4.78, 5) is 0. The fourth-order valence-electron chi connectivity index (χ4n) is 1.93. The van der Waals surface area contributed by atoms with E-state index in [1.165, 1.54) is 23.1 Å². The van der Waals surface area contributed by atoms with E-state index in [9.17, 15) is 0 Å². The van der Waals surface area contributed by atoms with E-state index in [1.807, 2.05) is 12.1 Å². The van der Waals surface area contributed by atoms with Crippen LogP contribution in [0.25, 0.3) is 0 Å². The lowest BCUT2D eigenvalue weighted by Gasteiger charge is -2.06. The molecule has 0 spiro atoms. The zero-order valence-electron chi connectivity index (χ0n) is 7.35. The van der Waals surface area contributed by atoms with Gasteiger partial charge in [0.15, 0.2) is 0 Å². The van der Waals surface area contributed by atoms with Crippen molar-refractivity contribution in [2.45, 2.75) is 25.8 Å². The van der Waals surface area contributed by atoms with Crippen LogP contribution in [-0.4, -0.2) is 0 Å². The first-order chi connectivity index (χ1) is 5.83. The summed E-state index contributed by atoms with van der Waals surface area (Å²) in [5.41, 5.74) is 9.64. The van der Waals surface area contributed by atoms with Gasteiger partial charge in [-0.3, -0.25) is 0 Å². The highest BCUT2D eigenvalue weighted by atomic mass is 35.5. The van der Waals surface area contributed by atoms with Crippen LogP contribution in [0.4, 0.5) is 0 Å². The smallest absolute Gasteiger partial charge is 0.0440 e. The van der Waals surface area contributed by atoms with Crippen molar-refractivity contribution >= 4 is 24.0 Å². The highest BCUT2D eigenvalue weighted by Gasteiger charge is 2.16. The SMILES string of the molecule is Cl.NCc1ccc(Cl)c2c1CCC2. The summed E-state index contributed by atoms with van der Waals surface area (Å²) in [5, 5.41) is 0.916. The number of halogens is 2. The Morgan fingerprint density at radius 2 is 1.92 bits per heavy atom. The molecular weight excluding hydrogens is 205 g/mol. The first kappa shape index (κ1) is 10.8. The van der Waals surface area contributed by atoms with Gasteiger partial charge in [-0.2, -0.15) is 0 Å². The van der Waals surface area contributed by atoms with E-state index < -0.39 is 0 Å². The molecule has 1 nitrogen and oxygen atoms in total. The highest BCUT2D eigenvalue weighted by molar-refractivity contribution is 6.31. The normalized spacial score (nSPS) is 13.7. The third kappa shape index (κ3) is 1.83. The number of rotatable bonds is 1. The Kier molecular flexibility index (Phi) is 3.60. The summed E-state index contributed by atoms with van der Waals surface area (Å²) in [6, 6.07) is 4.01. The molecule has 1 aromatic carbocycles. The van der Waals surface area contributed by atoms with E-state index >= 15 is 0 Å². The van der Waals surface area contributed by atoms with Crippen LogP contribution in [-0.2, 0) is 19.4 Å². The van der Waals surface area contributed by atoms with Crippen molar-refractivity contribution in [1.82, 2.24) is 0 Å². The molecule has 0 amide bonds. The van der Waals surface area contributed by atoms with E-state index in [4.69, 9.17) is 17.3 Å². The maximum absolute atomic E-state index is 6.06. The number of hydrogen-bond donors (Lipinski definition) is 1. The fourth-order valence-corrected chi connectivity index (χ4v) is 2.20. The third-order valence-corrected chi connectivity index (χ3v) is 2.90. The summed E-state index contributed by atoms with van der Waals surface area (Å²) >= 11 is 6.06. The molecule has 13 heavy (non-hydrogen) atoms. The Bertz CT molecular complexity index is 310. The molecule has 0 aromatic heterocycles. The summed E-state index contributed by atoms with van der Waals surface area (Å²) in [7, 11) is 0. The van der Waals surface area contributed by atoms with Crippen molar-refractivity contribution in [1.29, 1.82) is 0 Å². The van der Waals surface area contributed by atoms with Crippen molar-refractivity contribution in [2.75, 3.05) is 0 Å². The van der Waals surface area contributed by atoms with Crippen molar-refractivity contribution in [3.8, 4) is 0 Å². The second-order valence-electron chi connectivity index (χ2n) is 3.22. The molecule has 0 heterocycles. The van der Waals surface area contributed by atoms with Gasteiger partial charge in [0, 0.05) is 11.6 Å². The molecule has 2 rings (SSSR count). The minimum atomic E-state index is 0. The van der Waals surface area contributed by atoms with Gasteiger partial charge in [0.2, 0.25) is 0 Å². The van der Waals surface area contributed by atoms with Crippen LogP contribution in [0.5, 0.6) is 0 Å². The Morgan fingerprint density at radius 3 is 2.62 bits per heavy atom. The van der Waals surface area contributed by atoms with Crippen LogP contribution in [0, 0.1) is 0 Å². The van der Waals surface area contributed by atoms with Gasteiger partial charge < -0.3 is 5.73 Å². The van der Waals surface area contributed by atoms with Crippen LogP contribution in [0.3, 0.4) is 0 Å². The first-order valence-corrected chi connectivity index (χ1v) is 4.70. The topological polar surface area (TPSA) is 26.0 Å². The van der Waals surface area contributed by atoms with Crippen molar-refractivity contribution < 1.29 is 0 Å². The molecule has 0 saturated heterocycles. The van der Waals surface area contributed by atoms with Gasteiger partial charge in [0.1, 0.15) is 0 Å². The van der Waals surface area contributed by atoms with Crippen molar-refractivity contribution in [3.05, 3.63) is 33.8 Å². The number of hydrogen-bond acceptors (Lipinski definition) is 1. The van der Waals surface area contributed by atoms with Gasteiger partial charge in [-0.1, -0.05) is 17.7 Å². The molecule has 1 aliphatic carbocycles. The molecule has 3 heteroatoms. The predicted molar refractivity (Wildman–Crippen MR) is 58.6 cm³/mol. The van der Waals surface area contributed by atoms with Gasteiger partial charge in [0.25, 0.3) is 0 Å². The standard InChI is InChI=1S/C10H12ClN.ClH/c11-10-5-4-7(6-12)8-2-1-3-9(8)10;/h4-5H,1-3,6,12H2;1H. The van der Waals surface area contributed by atoms with Crippen molar-refractivity contribution in [3.63, 3.8) is 0 Å². The Hall–Kier alpha value is -0.240. The average Bonchev–Trinajstić information content (AvgIpc) is 2.54. The lowest BCUT2D eigenvalue weighted by atomic mass is 10.0. The molecule has 0 aliphatic heterocycles. The Balaban J connectivity index is 0.000000845. The van der Waals surface area contributed by atoms with Crippen LogP contribution in [0.2, 0.25) is 5.02 Å². The van der Waals surface area contributed by atoms with E-state index in [2.05, 4.69) is 0 Å². The largest absolute Gasteiger partial charge is 0.326 e. The number of nitrogens with two attached hydrogens (primary N) is 1. The zero-order valence-corrected chi connectivity index (χ0v) is 8.92. The van der Waals surface area contributed by atoms with Crippen LogP contribution in [0.1, 0.15) is 23.1 Å². The lowest BCUT2D eigenvalue weighted by Crippen LogP contribution is -2.01. The fraction of sp³-hybridized carbons (Fsp3) is 0.400.